The third-order valence-corrected chi connectivity index (χ3v) is 5.61. The Balaban J connectivity index is 1.61. The topological polar surface area (TPSA) is 84.9 Å². The smallest absolute Gasteiger partial charge is 0.251 e. The summed E-state index contributed by atoms with van der Waals surface area (Å²) in [7, 11) is -3.40. The Hall–Kier alpha value is -2.58. The zero-order chi connectivity index (χ0) is 19.4. The lowest BCUT2D eigenvalue weighted by Gasteiger charge is -2.21. The molecule has 1 aliphatic heterocycles. The molecule has 0 spiro atoms. The summed E-state index contributed by atoms with van der Waals surface area (Å²) >= 11 is 0. The summed E-state index contributed by atoms with van der Waals surface area (Å²) in [4.78, 5) is 12.3. The second kappa shape index (κ2) is 7.98. The molecule has 7 nitrogen and oxygen atoms in total. The minimum absolute atomic E-state index is 0.141. The summed E-state index contributed by atoms with van der Waals surface area (Å²) in [6.07, 6.45) is 1.17. The number of hydrogen-bond acceptors (Lipinski definition) is 5. The minimum atomic E-state index is -3.40. The van der Waals surface area contributed by atoms with E-state index in [4.69, 9.17) is 9.47 Å². The van der Waals surface area contributed by atoms with Crippen molar-refractivity contribution in [1.29, 1.82) is 0 Å². The van der Waals surface area contributed by atoms with Crippen molar-refractivity contribution in [2.75, 3.05) is 26.1 Å². The van der Waals surface area contributed by atoms with Gasteiger partial charge < -0.3 is 14.8 Å². The number of nitrogens with one attached hydrogen (secondary N) is 1. The lowest BCUT2D eigenvalue weighted by molar-refractivity contribution is 0.0951. The van der Waals surface area contributed by atoms with Gasteiger partial charge in [0.1, 0.15) is 0 Å². The van der Waals surface area contributed by atoms with E-state index in [9.17, 15) is 13.2 Å². The van der Waals surface area contributed by atoms with Crippen LogP contribution in [0.5, 0.6) is 11.5 Å². The molecule has 0 radical (unpaired) electrons. The van der Waals surface area contributed by atoms with E-state index in [1.54, 1.807) is 18.2 Å². The first-order chi connectivity index (χ1) is 12.8. The molecule has 27 heavy (non-hydrogen) atoms. The van der Waals surface area contributed by atoms with Crippen molar-refractivity contribution in [2.24, 2.45) is 0 Å². The molecular weight excluding hydrogens is 368 g/mol. The van der Waals surface area contributed by atoms with E-state index in [1.807, 2.05) is 31.2 Å². The summed E-state index contributed by atoms with van der Waals surface area (Å²) in [6, 6.07) is 12.6. The van der Waals surface area contributed by atoms with Crippen LogP contribution in [0.4, 0.5) is 0 Å². The number of fused-ring (bicyclic) bond motifs is 1. The number of amides is 1. The molecule has 2 aromatic carbocycles. The van der Waals surface area contributed by atoms with Gasteiger partial charge in [0.2, 0.25) is 16.8 Å². The Bertz CT molecular complexity index is 943. The van der Waals surface area contributed by atoms with Gasteiger partial charge in [-0.1, -0.05) is 24.3 Å². The van der Waals surface area contributed by atoms with Crippen LogP contribution in [0.1, 0.15) is 21.5 Å². The molecule has 0 aliphatic carbocycles. The summed E-state index contributed by atoms with van der Waals surface area (Å²) < 4.78 is 36.1. The van der Waals surface area contributed by atoms with Crippen molar-refractivity contribution in [3.63, 3.8) is 0 Å². The number of hydrogen-bond donors (Lipinski definition) is 1. The number of carbonyl (C=O) groups excluding carboxylic acids is 1. The van der Waals surface area contributed by atoms with Gasteiger partial charge in [-0.3, -0.25) is 4.79 Å². The summed E-state index contributed by atoms with van der Waals surface area (Å²) in [6.45, 7) is 2.74. The molecule has 0 aromatic heterocycles. The van der Waals surface area contributed by atoms with Gasteiger partial charge in [-0.2, -0.15) is 4.31 Å². The summed E-state index contributed by atoms with van der Waals surface area (Å²) in [5, 5.41) is 2.75. The number of rotatable bonds is 7. The Morgan fingerprint density at radius 1 is 1.15 bits per heavy atom. The van der Waals surface area contributed by atoms with Crippen LogP contribution >= 0.6 is 0 Å². The number of nitrogens with zero attached hydrogens (tertiary/aromatic N) is 1. The predicted octanol–water partition coefficient (Wildman–Crippen LogP) is 1.92. The molecule has 1 amide bonds. The monoisotopic (exact) mass is 390 g/mol. The zero-order valence-corrected chi connectivity index (χ0v) is 16.1. The molecule has 0 unspecified atom stereocenters. The fraction of sp³-hybridized carbons (Fsp3) is 0.316. The molecule has 0 atom stereocenters. The fourth-order valence-electron chi connectivity index (χ4n) is 2.77. The first-order valence-electron chi connectivity index (χ1n) is 8.52. The molecule has 1 heterocycles. The standard InChI is InChI=1S/C19H22N2O5S/c1-14-5-3-4-6-16(14)12-21(27(2,23)24)10-9-20-19(22)15-7-8-17-18(11-15)26-13-25-17/h3-8,11H,9-10,12-13H2,1-2H3,(H,20,22). The molecule has 0 saturated heterocycles. The highest BCUT2D eigenvalue weighted by molar-refractivity contribution is 7.88. The van der Waals surface area contributed by atoms with Gasteiger partial charge in [0.25, 0.3) is 5.91 Å². The number of benzene rings is 2. The average molecular weight is 390 g/mol. The van der Waals surface area contributed by atoms with Gasteiger partial charge in [0.15, 0.2) is 11.5 Å². The van der Waals surface area contributed by atoms with E-state index in [1.165, 1.54) is 10.6 Å². The molecule has 1 aliphatic rings. The first kappa shape index (κ1) is 19.2. The highest BCUT2D eigenvalue weighted by atomic mass is 32.2. The molecule has 3 rings (SSSR count). The van der Waals surface area contributed by atoms with Crippen molar-refractivity contribution < 1.29 is 22.7 Å². The van der Waals surface area contributed by atoms with E-state index in [2.05, 4.69) is 5.32 Å². The highest BCUT2D eigenvalue weighted by Crippen LogP contribution is 2.32. The third kappa shape index (κ3) is 4.78. The van der Waals surface area contributed by atoms with Crippen molar-refractivity contribution in [2.45, 2.75) is 13.5 Å². The predicted molar refractivity (Wildman–Crippen MR) is 101 cm³/mol. The van der Waals surface area contributed by atoms with Gasteiger partial charge in [-0.25, -0.2) is 8.42 Å². The molecule has 1 N–H and O–H groups in total. The number of sulfonamides is 1. The Morgan fingerprint density at radius 3 is 2.63 bits per heavy atom. The second-order valence-electron chi connectivity index (χ2n) is 6.35. The summed E-state index contributed by atoms with van der Waals surface area (Å²) in [5.41, 5.74) is 2.39. The highest BCUT2D eigenvalue weighted by Gasteiger charge is 2.19. The van der Waals surface area contributed by atoms with Gasteiger partial charge in [0.05, 0.1) is 6.26 Å². The Labute approximate surface area is 158 Å². The largest absolute Gasteiger partial charge is 0.454 e. The van der Waals surface area contributed by atoms with Gasteiger partial charge >= 0.3 is 0 Å². The number of ether oxygens (including phenoxy) is 2. The molecule has 0 bridgehead atoms. The maximum Gasteiger partial charge on any atom is 0.251 e. The molecule has 144 valence electrons. The zero-order valence-electron chi connectivity index (χ0n) is 15.3. The van der Waals surface area contributed by atoms with Gasteiger partial charge in [-0.05, 0) is 36.2 Å². The Kier molecular flexibility index (Phi) is 5.67. The van der Waals surface area contributed by atoms with Gasteiger partial charge in [-0.15, -0.1) is 0 Å². The first-order valence-corrected chi connectivity index (χ1v) is 10.4. The van der Waals surface area contributed by atoms with E-state index in [-0.39, 0.29) is 32.3 Å². The number of aryl methyl sites for hydroxylation is 1. The van der Waals surface area contributed by atoms with Crippen molar-refractivity contribution in [3.05, 3.63) is 59.2 Å². The minimum Gasteiger partial charge on any atom is -0.454 e. The number of carbonyl (C=O) groups is 1. The van der Waals surface area contributed by atoms with Crippen LogP contribution in [0.3, 0.4) is 0 Å². The average Bonchev–Trinajstić information content (AvgIpc) is 3.09. The van der Waals surface area contributed by atoms with Crippen LogP contribution in [0.25, 0.3) is 0 Å². The van der Waals surface area contributed by atoms with Crippen molar-refractivity contribution in [3.8, 4) is 11.5 Å². The SMILES string of the molecule is Cc1ccccc1CN(CCNC(=O)c1ccc2c(c1)OCO2)S(C)(=O)=O. The molecule has 0 fully saturated rings. The third-order valence-electron chi connectivity index (χ3n) is 4.36. The normalized spacial score (nSPS) is 13.0. The Morgan fingerprint density at radius 2 is 1.89 bits per heavy atom. The van der Waals surface area contributed by atoms with Crippen LogP contribution in [0.2, 0.25) is 0 Å². The maximum absolute atomic E-state index is 12.3. The van der Waals surface area contributed by atoms with Crippen LogP contribution in [0, 0.1) is 6.92 Å². The van der Waals surface area contributed by atoms with Gasteiger partial charge in [0, 0.05) is 25.2 Å². The lowest BCUT2D eigenvalue weighted by Crippen LogP contribution is -2.37. The molecule has 0 saturated carbocycles. The molecule has 2 aromatic rings. The van der Waals surface area contributed by atoms with Crippen LogP contribution in [-0.4, -0.2) is 44.8 Å². The second-order valence-corrected chi connectivity index (χ2v) is 8.33. The van der Waals surface area contributed by atoms with Crippen LogP contribution in [0.15, 0.2) is 42.5 Å². The molecule has 8 heteroatoms. The summed E-state index contributed by atoms with van der Waals surface area (Å²) in [5.74, 6) is 0.839. The molecular formula is C19H22N2O5S. The quantitative estimate of drug-likeness (QED) is 0.781. The van der Waals surface area contributed by atoms with E-state index in [0.29, 0.717) is 17.1 Å². The lowest BCUT2D eigenvalue weighted by atomic mass is 10.1. The van der Waals surface area contributed by atoms with E-state index in [0.717, 1.165) is 11.1 Å². The van der Waals surface area contributed by atoms with E-state index < -0.39 is 10.0 Å². The maximum atomic E-state index is 12.3. The van der Waals surface area contributed by atoms with Crippen molar-refractivity contribution >= 4 is 15.9 Å². The van der Waals surface area contributed by atoms with Crippen molar-refractivity contribution in [1.82, 2.24) is 9.62 Å². The fourth-order valence-corrected chi connectivity index (χ4v) is 3.57. The van der Waals surface area contributed by atoms with Crippen LogP contribution < -0.4 is 14.8 Å². The van der Waals surface area contributed by atoms with E-state index >= 15 is 0 Å². The van der Waals surface area contributed by atoms with Crippen LogP contribution in [-0.2, 0) is 16.6 Å².